The molecule has 164 valence electrons. The predicted octanol–water partition coefficient (Wildman–Crippen LogP) is 4.58. The summed E-state index contributed by atoms with van der Waals surface area (Å²) in [4.78, 5) is 27.8. The first-order valence-corrected chi connectivity index (χ1v) is 11.5. The number of rotatable bonds is 7. The quantitative estimate of drug-likeness (QED) is 0.540. The summed E-state index contributed by atoms with van der Waals surface area (Å²) < 4.78 is 5.24. The van der Waals surface area contributed by atoms with Gasteiger partial charge >= 0.3 is 5.97 Å². The van der Waals surface area contributed by atoms with Crippen LogP contribution in [0, 0.1) is 6.92 Å². The van der Waals surface area contributed by atoms with Crippen LogP contribution in [0.4, 0.5) is 17.2 Å². The van der Waals surface area contributed by atoms with Gasteiger partial charge in [-0.25, -0.2) is 14.8 Å². The Morgan fingerprint density at radius 2 is 1.90 bits per heavy atom. The number of nitrogens with zero attached hydrogens (tertiary/aromatic N) is 4. The van der Waals surface area contributed by atoms with Gasteiger partial charge in [0, 0.05) is 24.5 Å². The molecule has 0 spiro atoms. The lowest BCUT2D eigenvalue weighted by molar-refractivity contribution is 0.0531. The molecule has 8 heteroatoms. The summed E-state index contributed by atoms with van der Waals surface area (Å²) >= 11 is 1.37. The zero-order chi connectivity index (χ0) is 22.0. The third-order valence-corrected chi connectivity index (χ3v) is 6.52. The molecule has 1 saturated heterocycles. The average Bonchev–Trinajstić information content (AvgIpc) is 3.37. The van der Waals surface area contributed by atoms with Crippen molar-refractivity contribution in [3.8, 4) is 0 Å². The number of aromatic nitrogens is 2. The Hall–Kier alpha value is -2.71. The largest absolute Gasteiger partial charge is 0.462 e. The number of carbonyl (C=O) groups excluding carboxylic acids is 1. The molecule has 0 radical (unpaired) electrons. The third-order valence-electron chi connectivity index (χ3n) is 5.36. The topological polar surface area (TPSA) is 70.6 Å². The second-order valence-electron chi connectivity index (χ2n) is 8.05. The summed E-state index contributed by atoms with van der Waals surface area (Å²) in [6.45, 7) is 6.95. The fourth-order valence-corrected chi connectivity index (χ4v) is 4.98. The van der Waals surface area contributed by atoms with E-state index in [1.165, 1.54) is 29.9 Å². The molecular weight excluding hydrogens is 410 g/mol. The van der Waals surface area contributed by atoms with Crippen molar-refractivity contribution in [3.05, 3.63) is 40.5 Å². The van der Waals surface area contributed by atoms with Crippen LogP contribution in [-0.2, 0) is 11.3 Å². The zero-order valence-corrected chi connectivity index (χ0v) is 19.4. The van der Waals surface area contributed by atoms with Crippen LogP contribution in [0.15, 0.2) is 24.3 Å². The number of aryl methyl sites for hydroxylation is 1. The lowest BCUT2D eigenvalue weighted by atomic mass is 10.2. The fraction of sp³-hybridized carbons (Fsp3) is 0.435. The number of esters is 1. The van der Waals surface area contributed by atoms with Crippen molar-refractivity contribution in [3.63, 3.8) is 0 Å². The molecule has 0 aliphatic carbocycles. The van der Waals surface area contributed by atoms with Crippen LogP contribution in [-0.4, -0.2) is 54.6 Å². The molecule has 1 aromatic carbocycles. The number of thiophene rings is 1. The van der Waals surface area contributed by atoms with E-state index < -0.39 is 0 Å². The highest BCUT2D eigenvalue weighted by atomic mass is 32.1. The van der Waals surface area contributed by atoms with Crippen LogP contribution in [0.3, 0.4) is 0 Å². The SMILES string of the molecule is CCOC(=O)c1sc2nc(CN(C)C)nc(Nc3ccc(N4CCCC4)cc3)c2c1C. The molecule has 3 heterocycles. The van der Waals surface area contributed by atoms with E-state index >= 15 is 0 Å². The Kier molecular flexibility index (Phi) is 6.38. The van der Waals surface area contributed by atoms with Crippen molar-refractivity contribution in [1.29, 1.82) is 0 Å². The van der Waals surface area contributed by atoms with Crippen LogP contribution in [0.1, 0.15) is 40.8 Å². The predicted molar refractivity (Wildman–Crippen MR) is 127 cm³/mol. The third kappa shape index (κ3) is 4.65. The molecule has 3 aromatic rings. The van der Waals surface area contributed by atoms with Gasteiger partial charge in [0.05, 0.1) is 18.5 Å². The van der Waals surface area contributed by atoms with Crippen molar-refractivity contribution >= 4 is 44.7 Å². The summed E-state index contributed by atoms with van der Waals surface area (Å²) in [7, 11) is 3.98. The van der Waals surface area contributed by atoms with Crippen LogP contribution in [0.2, 0.25) is 0 Å². The van der Waals surface area contributed by atoms with Gasteiger partial charge in [-0.3, -0.25) is 0 Å². The summed E-state index contributed by atoms with van der Waals surface area (Å²) in [5.74, 6) is 1.13. The van der Waals surface area contributed by atoms with Crippen molar-refractivity contribution in [2.75, 3.05) is 44.0 Å². The second-order valence-corrected chi connectivity index (χ2v) is 9.05. The van der Waals surface area contributed by atoms with E-state index in [9.17, 15) is 4.79 Å². The van der Waals surface area contributed by atoms with Gasteiger partial charge in [0.25, 0.3) is 0 Å². The number of anilines is 3. The molecule has 31 heavy (non-hydrogen) atoms. The van der Waals surface area contributed by atoms with E-state index in [2.05, 4.69) is 34.5 Å². The summed E-state index contributed by atoms with van der Waals surface area (Å²) in [5, 5.41) is 4.34. The van der Waals surface area contributed by atoms with Gasteiger partial charge in [0.1, 0.15) is 21.3 Å². The van der Waals surface area contributed by atoms with E-state index in [-0.39, 0.29) is 5.97 Å². The first-order valence-electron chi connectivity index (χ1n) is 10.7. The van der Waals surface area contributed by atoms with Gasteiger partial charge in [-0.15, -0.1) is 11.3 Å². The second kappa shape index (κ2) is 9.20. The van der Waals surface area contributed by atoms with E-state index in [0.717, 1.165) is 40.4 Å². The minimum Gasteiger partial charge on any atom is -0.462 e. The highest BCUT2D eigenvalue weighted by Gasteiger charge is 2.22. The van der Waals surface area contributed by atoms with Gasteiger partial charge in [0.2, 0.25) is 0 Å². The normalized spacial score (nSPS) is 13.9. The molecule has 1 N–H and O–H groups in total. The monoisotopic (exact) mass is 439 g/mol. The van der Waals surface area contributed by atoms with Gasteiger partial charge in [0.15, 0.2) is 0 Å². The molecule has 4 rings (SSSR count). The zero-order valence-electron chi connectivity index (χ0n) is 18.6. The molecule has 2 aromatic heterocycles. The molecule has 0 bridgehead atoms. The van der Waals surface area contributed by atoms with Gasteiger partial charge < -0.3 is 19.9 Å². The molecule has 0 saturated carbocycles. The van der Waals surface area contributed by atoms with E-state index in [4.69, 9.17) is 14.7 Å². The number of hydrogen-bond donors (Lipinski definition) is 1. The van der Waals surface area contributed by atoms with Crippen molar-refractivity contribution in [2.24, 2.45) is 0 Å². The van der Waals surface area contributed by atoms with E-state index in [1.54, 1.807) is 0 Å². The minimum atomic E-state index is -0.307. The fourth-order valence-electron chi connectivity index (χ4n) is 3.89. The van der Waals surface area contributed by atoms with Crippen molar-refractivity contribution < 1.29 is 9.53 Å². The van der Waals surface area contributed by atoms with Crippen molar-refractivity contribution in [2.45, 2.75) is 33.2 Å². The molecule has 0 unspecified atom stereocenters. The smallest absolute Gasteiger partial charge is 0.348 e. The van der Waals surface area contributed by atoms with Crippen LogP contribution < -0.4 is 10.2 Å². The van der Waals surface area contributed by atoms with Crippen LogP contribution in [0.25, 0.3) is 10.2 Å². The molecule has 1 aliphatic rings. The van der Waals surface area contributed by atoms with E-state index in [0.29, 0.717) is 23.9 Å². The van der Waals surface area contributed by atoms with Crippen LogP contribution in [0.5, 0.6) is 0 Å². The number of nitrogens with one attached hydrogen (secondary N) is 1. The van der Waals surface area contributed by atoms with Crippen molar-refractivity contribution in [1.82, 2.24) is 14.9 Å². The summed E-state index contributed by atoms with van der Waals surface area (Å²) in [5.41, 5.74) is 3.06. The van der Waals surface area contributed by atoms with Crippen LogP contribution >= 0.6 is 11.3 Å². The maximum absolute atomic E-state index is 12.4. The molecule has 1 fully saturated rings. The number of ether oxygens (including phenoxy) is 1. The lowest BCUT2D eigenvalue weighted by Gasteiger charge is -2.18. The molecule has 1 aliphatic heterocycles. The lowest BCUT2D eigenvalue weighted by Crippen LogP contribution is -2.17. The maximum Gasteiger partial charge on any atom is 0.348 e. The Balaban J connectivity index is 1.71. The Morgan fingerprint density at radius 1 is 1.19 bits per heavy atom. The molecule has 7 nitrogen and oxygen atoms in total. The average molecular weight is 440 g/mol. The molecular formula is C23H29N5O2S. The summed E-state index contributed by atoms with van der Waals surface area (Å²) in [6.07, 6.45) is 2.52. The number of hydrogen-bond acceptors (Lipinski definition) is 8. The number of carbonyl (C=O) groups is 1. The first-order chi connectivity index (χ1) is 15.0. The standard InChI is InChI=1S/C23H29N5O2S/c1-5-30-23(29)20-15(2)19-21(25-18(14-27(3)4)26-22(19)31-20)24-16-8-10-17(11-9-16)28-12-6-7-13-28/h8-11H,5-7,12-14H2,1-4H3,(H,24,25,26). The Labute approximate surface area is 187 Å². The molecule has 0 amide bonds. The Morgan fingerprint density at radius 3 is 2.55 bits per heavy atom. The van der Waals surface area contributed by atoms with Gasteiger partial charge in [-0.05, 0) is 70.6 Å². The first kappa shape index (κ1) is 21.5. The van der Waals surface area contributed by atoms with E-state index in [1.807, 2.05) is 32.8 Å². The van der Waals surface area contributed by atoms with Gasteiger partial charge in [-0.1, -0.05) is 0 Å². The molecule has 0 atom stereocenters. The van der Waals surface area contributed by atoms with Gasteiger partial charge in [-0.2, -0.15) is 0 Å². The maximum atomic E-state index is 12.4. The number of fused-ring (bicyclic) bond motifs is 1. The highest BCUT2D eigenvalue weighted by molar-refractivity contribution is 7.20. The summed E-state index contributed by atoms with van der Waals surface area (Å²) in [6, 6.07) is 8.47. The Bertz CT molecular complexity index is 1070. The number of benzene rings is 1. The minimum absolute atomic E-state index is 0.307. The highest BCUT2D eigenvalue weighted by Crippen LogP contribution is 2.36.